The van der Waals surface area contributed by atoms with Gasteiger partial charge in [0.2, 0.25) is 6.79 Å². The molecule has 0 amide bonds. The lowest BCUT2D eigenvalue weighted by molar-refractivity contribution is 0.174. The highest BCUT2D eigenvalue weighted by molar-refractivity contribution is 9.09. The smallest absolute Gasteiger partial charge is 0.231 e. The summed E-state index contributed by atoms with van der Waals surface area (Å²) in [6.45, 7) is 2.39. The number of benzene rings is 1. The molecular weight excluding hydrogens is 320 g/mol. The highest BCUT2D eigenvalue weighted by Crippen LogP contribution is 2.39. The van der Waals surface area contributed by atoms with E-state index < -0.39 is 0 Å². The Morgan fingerprint density at radius 3 is 2.70 bits per heavy atom. The Balaban J connectivity index is 1.79. The number of anilines is 1. The summed E-state index contributed by atoms with van der Waals surface area (Å²) >= 11 is 3.70. The summed E-state index contributed by atoms with van der Waals surface area (Å²) in [5, 5.41) is 2.30. The van der Waals surface area contributed by atoms with Gasteiger partial charge in [-0.25, -0.2) is 4.98 Å². The first kappa shape index (κ1) is 12.3. The number of pyridine rings is 1. The normalized spacial score (nSPS) is 18.8. The molecule has 1 aromatic heterocycles. The molecule has 4 rings (SSSR count). The lowest BCUT2D eigenvalue weighted by Crippen LogP contribution is -2.34. The van der Waals surface area contributed by atoms with E-state index in [1.54, 1.807) is 0 Å². The summed E-state index contributed by atoms with van der Waals surface area (Å²) in [5.41, 5.74) is 0. The monoisotopic (exact) mass is 334 g/mol. The van der Waals surface area contributed by atoms with E-state index in [9.17, 15) is 0 Å². The number of hydrogen-bond donors (Lipinski definition) is 0. The second-order valence-electron chi connectivity index (χ2n) is 5.22. The van der Waals surface area contributed by atoms with Gasteiger partial charge in [-0.3, -0.25) is 0 Å². The summed E-state index contributed by atoms with van der Waals surface area (Å²) in [7, 11) is 0. The fourth-order valence-electron chi connectivity index (χ4n) is 2.86. The van der Waals surface area contributed by atoms with Crippen molar-refractivity contribution in [3.05, 3.63) is 24.4 Å². The van der Waals surface area contributed by atoms with Crippen molar-refractivity contribution in [3.63, 3.8) is 0 Å². The zero-order valence-electron chi connectivity index (χ0n) is 11.0. The van der Waals surface area contributed by atoms with Gasteiger partial charge in [-0.15, -0.1) is 0 Å². The first-order valence-electron chi connectivity index (χ1n) is 6.88. The lowest BCUT2D eigenvalue weighted by Gasteiger charge is -2.31. The van der Waals surface area contributed by atoms with Crippen LogP contribution in [0, 0.1) is 0 Å². The van der Waals surface area contributed by atoms with E-state index in [-0.39, 0.29) is 0 Å². The van der Waals surface area contributed by atoms with E-state index in [4.69, 9.17) is 9.47 Å². The molecule has 0 unspecified atom stereocenters. The maximum Gasteiger partial charge on any atom is 0.231 e. The molecule has 3 heterocycles. The largest absolute Gasteiger partial charge is 0.454 e. The third kappa shape index (κ3) is 2.00. The minimum Gasteiger partial charge on any atom is -0.454 e. The Bertz CT molecular complexity index is 654. The van der Waals surface area contributed by atoms with Gasteiger partial charge >= 0.3 is 0 Å². The van der Waals surface area contributed by atoms with Crippen molar-refractivity contribution >= 4 is 32.5 Å². The molecule has 1 fully saturated rings. The van der Waals surface area contributed by atoms with Crippen LogP contribution in [0.1, 0.15) is 12.8 Å². The summed E-state index contributed by atoms with van der Waals surface area (Å²) < 4.78 is 10.9. The predicted molar refractivity (Wildman–Crippen MR) is 82.0 cm³/mol. The van der Waals surface area contributed by atoms with Gasteiger partial charge in [0.15, 0.2) is 11.5 Å². The number of aromatic nitrogens is 1. The van der Waals surface area contributed by atoms with E-state index in [1.165, 1.54) is 0 Å². The van der Waals surface area contributed by atoms with Gasteiger partial charge in [0, 0.05) is 29.5 Å². The molecule has 2 aliphatic rings. The van der Waals surface area contributed by atoms with Crippen molar-refractivity contribution in [2.24, 2.45) is 0 Å². The molecule has 1 aromatic carbocycles. The molecule has 2 aliphatic heterocycles. The molecule has 2 aromatic rings. The van der Waals surface area contributed by atoms with Gasteiger partial charge in [-0.2, -0.15) is 0 Å². The van der Waals surface area contributed by atoms with Crippen molar-refractivity contribution < 1.29 is 9.47 Å². The molecule has 0 atom stereocenters. The minimum atomic E-state index is 0.309. The van der Waals surface area contributed by atoms with Crippen molar-refractivity contribution in [2.75, 3.05) is 24.8 Å². The van der Waals surface area contributed by atoms with Crippen LogP contribution in [-0.4, -0.2) is 29.7 Å². The third-order valence-corrected chi connectivity index (χ3v) is 4.88. The van der Waals surface area contributed by atoms with Gasteiger partial charge in [0.05, 0.1) is 0 Å². The number of alkyl halides is 1. The molecule has 0 spiro atoms. The quantitative estimate of drug-likeness (QED) is 0.749. The second-order valence-corrected chi connectivity index (χ2v) is 6.52. The van der Waals surface area contributed by atoms with Crippen LogP contribution in [0.25, 0.3) is 10.8 Å². The number of hydrogen-bond acceptors (Lipinski definition) is 4. The van der Waals surface area contributed by atoms with E-state index in [2.05, 4.69) is 31.9 Å². The van der Waals surface area contributed by atoms with Crippen LogP contribution in [0.4, 0.5) is 5.82 Å². The number of fused-ring (bicyclic) bond motifs is 2. The van der Waals surface area contributed by atoms with Crippen LogP contribution in [-0.2, 0) is 0 Å². The molecule has 104 valence electrons. The average Bonchev–Trinajstić information content (AvgIpc) is 2.92. The Labute approximate surface area is 125 Å². The molecule has 0 aliphatic carbocycles. The van der Waals surface area contributed by atoms with E-state index >= 15 is 0 Å². The van der Waals surface area contributed by atoms with Crippen LogP contribution in [0.3, 0.4) is 0 Å². The SMILES string of the molecule is BrC1CCN(c2nccc3cc4c(cc23)OCO4)CC1. The van der Waals surface area contributed by atoms with Crippen LogP contribution >= 0.6 is 15.9 Å². The maximum atomic E-state index is 5.49. The fraction of sp³-hybridized carbons (Fsp3) is 0.400. The fourth-order valence-corrected chi connectivity index (χ4v) is 3.27. The molecule has 5 heteroatoms. The molecule has 0 N–H and O–H groups in total. The number of piperidine rings is 1. The van der Waals surface area contributed by atoms with Crippen molar-refractivity contribution in [1.29, 1.82) is 0 Å². The van der Waals surface area contributed by atoms with E-state index in [1.807, 2.05) is 18.3 Å². The zero-order chi connectivity index (χ0) is 13.5. The summed E-state index contributed by atoms with van der Waals surface area (Å²) in [6, 6.07) is 6.12. The van der Waals surface area contributed by atoms with Gasteiger partial charge in [-0.1, -0.05) is 15.9 Å². The number of rotatable bonds is 1. The third-order valence-electron chi connectivity index (χ3n) is 3.96. The van der Waals surface area contributed by atoms with Gasteiger partial charge in [0.1, 0.15) is 5.82 Å². The van der Waals surface area contributed by atoms with Gasteiger partial charge in [0.25, 0.3) is 0 Å². The topological polar surface area (TPSA) is 34.6 Å². The molecule has 4 nitrogen and oxygen atoms in total. The van der Waals surface area contributed by atoms with Crippen molar-refractivity contribution in [3.8, 4) is 11.5 Å². The zero-order valence-corrected chi connectivity index (χ0v) is 12.6. The summed E-state index contributed by atoms with van der Waals surface area (Å²) in [5.74, 6) is 2.70. The Hall–Kier alpha value is -1.49. The van der Waals surface area contributed by atoms with Crippen LogP contribution in [0.5, 0.6) is 11.5 Å². The molecule has 0 radical (unpaired) electrons. The molecule has 1 saturated heterocycles. The number of nitrogens with zero attached hydrogens (tertiary/aromatic N) is 2. The van der Waals surface area contributed by atoms with Crippen LogP contribution in [0.2, 0.25) is 0 Å². The van der Waals surface area contributed by atoms with Gasteiger partial charge < -0.3 is 14.4 Å². The first-order valence-corrected chi connectivity index (χ1v) is 7.80. The summed E-state index contributed by atoms with van der Waals surface area (Å²) in [4.78, 5) is 7.59. The predicted octanol–water partition coefficient (Wildman–Crippen LogP) is 3.33. The van der Waals surface area contributed by atoms with E-state index in [0.29, 0.717) is 11.6 Å². The Kier molecular flexibility index (Phi) is 2.95. The number of ether oxygens (including phenoxy) is 2. The average molecular weight is 335 g/mol. The van der Waals surface area contributed by atoms with E-state index in [0.717, 1.165) is 54.0 Å². The van der Waals surface area contributed by atoms with Crippen molar-refractivity contribution in [1.82, 2.24) is 4.98 Å². The minimum absolute atomic E-state index is 0.309. The van der Waals surface area contributed by atoms with Crippen LogP contribution in [0.15, 0.2) is 24.4 Å². The highest BCUT2D eigenvalue weighted by atomic mass is 79.9. The Morgan fingerprint density at radius 1 is 1.15 bits per heavy atom. The maximum absolute atomic E-state index is 5.49. The van der Waals surface area contributed by atoms with Gasteiger partial charge in [-0.05, 0) is 36.4 Å². The van der Waals surface area contributed by atoms with Crippen molar-refractivity contribution in [2.45, 2.75) is 17.7 Å². The van der Waals surface area contributed by atoms with Crippen LogP contribution < -0.4 is 14.4 Å². The number of halogens is 1. The molecular formula is C15H15BrN2O2. The Morgan fingerprint density at radius 2 is 1.90 bits per heavy atom. The highest BCUT2D eigenvalue weighted by Gasteiger charge is 2.21. The molecule has 20 heavy (non-hydrogen) atoms. The molecule has 0 saturated carbocycles. The molecule has 0 bridgehead atoms. The summed E-state index contributed by atoms with van der Waals surface area (Å²) in [6.07, 6.45) is 4.19. The standard InChI is InChI=1S/C15H15BrN2O2/c16-11-2-5-18(6-3-11)15-12-8-14-13(19-9-20-14)7-10(12)1-4-17-15/h1,4,7-8,11H,2-3,5-6,9H2. The lowest BCUT2D eigenvalue weighted by atomic mass is 10.1. The first-order chi connectivity index (χ1) is 9.81. The second kappa shape index (κ2) is 4.81.